The summed E-state index contributed by atoms with van der Waals surface area (Å²) in [4.78, 5) is 79.6. The van der Waals surface area contributed by atoms with Crippen LogP contribution in [-0.4, -0.2) is 108 Å². The maximum atomic E-state index is 16.4. The number of aliphatic imine (C=N–C) groups is 1. The van der Waals surface area contributed by atoms with Crippen molar-refractivity contribution in [3.63, 3.8) is 0 Å². The van der Waals surface area contributed by atoms with Crippen LogP contribution in [0.2, 0.25) is 0 Å². The number of benzene rings is 5. The first-order valence-corrected chi connectivity index (χ1v) is 21.1. The van der Waals surface area contributed by atoms with Gasteiger partial charge < -0.3 is 49.0 Å². The monoisotopic (exact) mass is 956 g/mol. The van der Waals surface area contributed by atoms with Crippen LogP contribution in [0, 0.1) is 25.6 Å². The first kappa shape index (κ1) is 48.8. The van der Waals surface area contributed by atoms with Crippen molar-refractivity contribution in [2.45, 2.75) is 37.8 Å². The van der Waals surface area contributed by atoms with Crippen molar-refractivity contribution in [2.24, 2.45) is 10.9 Å². The van der Waals surface area contributed by atoms with Gasteiger partial charge in [0.05, 0.1) is 42.6 Å². The van der Waals surface area contributed by atoms with Gasteiger partial charge in [-0.2, -0.15) is 13.2 Å². The van der Waals surface area contributed by atoms with Crippen LogP contribution >= 0.6 is 0 Å². The Kier molecular flexibility index (Phi) is 13.8. The van der Waals surface area contributed by atoms with Crippen LogP contribution in [-0.2, 0) is 30.0 Å². The number of carbonyl (C=O) groups excluding carboxylic acids is 2. The fraction of sp³-hybridized carbons (Fsp3) is 0.265. The predicted molar refractivity (Wildman–Crippen MR) is 240 cm³/mol. The van der Waals surface area contributed by atoms with Gasteiger partial charge in [0.15, 0.2) is 0 Å². The molecule has 5 aromatic rings. The van der Waals surface area contributed by atoms with Gasteiger partial charge in [-0.05, 0) is 74.5 Å². The van der Waals surface area contributed by atoms with Crippen LogP contribution < -0.4 is 19.3 Å². The van der Waals surface area contributed by atoms with Gasteiger partial charge in [-0.25, -0.2) is 28.6 Å². The van der Waals surface area contributed by atoms with Crippen molar-refractivity contribution >= 4 is 52.9 Å². The van der Waals surface area contributed by atoms with Crippen LogP contribution in [0.15, 0.2) is 114 Å². The third kappa shape index (κ3) is 9.68. The number of para-hydroxylation sites is 1. The number of hydrogen-bond donors (Lipinski definition) is 3. The summed E-state index contributed by atoms with van der Waals surface area (Å²) in [7, 11) is 2.58. The summed E-state index contributed by atoms with van der Waals surface area (Å²) in [5, 5.41) is 34.2. The standard InChI is InChI=1S/C49H44F4N4O12/c1-27-11-15-29(16-12-27)44(62)68-41(43(60)61)48(46(64)65,69-45(63)30-17-13-28(2)14-18-30)38(42(58)59)40-34-9-6-10-35(50)39(34)54-47(57(40)36-25-31(49(51,52)53)19-20-37(36)67-4)56-23-21-55(22-24-56)32-7-5-8-33(26-32)66-3/h5-20,25-26,38,40-41H,21-24H2,1-4H3,(H,58,59)(H,60,61)(H,64,65)/t38-,40?,41-,48+/m1/s1. The van der Waals surface area contributed by atoms with Gasteiger partial charge in [0.25, 0.3) is 5.60 Å². The van der Waals surface area contributed by atoms with Crippen LogP contribution in [0.5, 0.6) is 11.5 Å². The number of rotatable bonds is 14. The quantitative estimate of drug-likeness (QED) is 0.0727. The second-order valence-corrected chi connectivity index (χ2v) is 16.1. The first-order valence-electron chi connectivity index (χ1n) is 21.1. The highest BCUT2D eigenvalue weighted by Crippen LogP contribution is 2.52. The molecule has 0 bridgehead atoms. The second kappa shape index (κ2) is 19.6. The maximum Gasteiger partial charge on any atom is 0.416 e. The summed E-state index contributed by atoms with van der Waals surface area (Å²) < 4.78 is 82.8. The zero-order chi connectivity index (χ0) is 49.9. The number of aryl methyl sites for hydroxylation is 2. The van der Waals surface area contributed by atoms with Crippen molar-refractivity contribution in [1.29, 1.82) is 0 Å². The third-order valence-electron chi connectivity index (χ3n) is 11.8. The molecule has 1 fully saturated rings. The Morgan fingerprint density at radius 1 is 0.710 bits per heavy atom. The van der Waals surface area contributed by atoms with E-state index in [-0.39, 0.29) is 37.5 Å². The van der Waals surface area contributed by atoms with Crippen molar-refractivity contribution in [2.75, 3.05) is 50.2 Å². The number of halogens is 4. The molecule has 1 unspecified atom stereocenters. The highest BCUT2D eigenvalue weighted by atomic mass is 19.4. The molecular formula is C49H44F4N4O12. The molecule has 3 N–H and O–H groups in total. The molecule has 0 saturated carbocycles. The summed E-state index contributed by atoms with van der Waals surface area (Å²) in [5.74, 6) is -14.6. The van der Waals surface area contributed by atoms with Crippen LogP contribution in [0.4, 0.5) is 34.6 Å². The number of aliphatic carboxylic acids is 3. The number of guanidine groups is 1. The van der Waals surface area contributed by atoms with Crippen molar-refractivity contribution in [3.8, 4) is 11.5 Å². The normalized spacial score (nSPS) is 16.5. The fourth-order valence-electron chi connectivity index (χ4n) is 8.35. The smallest absolute Gasteiger partial charge is 0.416 e. The van der Waals surface area contributed by atoms with Crippen LogP contribution in [0.1, 0.15) is 49.0 Å². The van der Waals surface area contributed by atoms with Crippen molar-refractivity contribution in [1.82, 2.24) is 4.90 Å². The number of alkyl halides is 3. The molecule has 0 spiro atoms. The number of anilines is 2. The van der Waals surface area contributed by atoms with E-state index in [0.29, 0.717) is 29.0 Å². The lowest BCUT2D eigenvalue weighted by molar-refractivity contribution is -0.199. The van der Waals surface area contributed by atoms with E-state index >= 15 is 4.39 Å². The molecule has 5 aromatic carbocycles. The first-order chi connectivity index (χ1) is 32.8. The molecule has 0 radical (unpaired) electrons. The summed E-state index contributed by atoms with van der Waals surface area (Å²) in [6.07, 6.45) is -8.30. The van der Waals surface area contributed by atoms with Gasteiger partial charge in [0, 0.05) is 43.5 Å². The average molecular weight is 957 g/mol. The molecule has 0 amide bonds. The summed E-state index contributed by atoms with van der Waals surface area (Å²) in [6.45, 7) is 3.62. The average Bonchev–Trinajstić information content (AvgIpc) is 3.32. The molecule has 360 valence electrons. The van der Waals surface area contributed by atoms with Gasteiger partial charge in [-0.15, -0.1) is 0 Å². The molecule has 0 aliphatic carbocycles. The number of esters is 2. The Morgan fingerprint density at radius 2 is 1.30 bits per heavy atom. The lowest BCUT2D eigenvalue weighted by atomic mass is 9.73. The van der Waals surface area contributed by atoms with Gasteiger partial charge >= 0.3 is 36.0 Å². The van der Waals surface area contributed by atoms with E-state index < -0.39 is 99.5 Å². The minimum absolute atomic E-state index is 0.0273. The largest absolute Gasteiger partial charge is 0.497 e. The number of hydrogen-bond acceptors (Lipinski definition) is 13. The number of fused-ring (bicyclic) bond motifs is 1. The van der Waals surface area contributed by atoms with Gasteiger partial charge in [0.2, 0.25) is 12.1 Å². The maximum absolute atomic E-state index is 16.4. The molecule has 1 saturated heterocycles. The van der Waals surface area contributed by atoms with E-state index in [1.807, 2.05) is 11.0 Å². The highest BCUT2D eigenvalue weighted by molar-refractivity contribution is 6.05. The molecule has 16 nitrogen and oxygen atoms in total. The van der Waals surface area contributed by atoms with E-state index in [1.165, 1.54) is 60.5 Å². The van der Waals surface area contributed by atoms with Gasteiger partial charge in [0.1, 0.15) is 28.9 Å². The molecule has 2 aliphatic rings. The number of methoxy groups -OCH3 is 2. The summed E-state index contributed by atoms with van der Waals surface area (Å²) >= 11 is 0. The zero-order valence-electron chi connectivity index (χ0n) is 37.3. The van der Waals surface area contributed by atoms with Gasteiger partial charge in [-0.3, -0.25) is 4.79 Å². The topological polar surface area (TPSA) is 205 Å². The number of carboxylic acids is 3. The molecule has 2 aliphatic heterocycles. The Labute approximate surface area is 391 Å². The van der Waals surface area contributed by atoms with Crippen LogP contribution in [0.3, 0.4) is 0 Å². The Balaban J connectivity index is 1.52. The molecule has 4 atom stereocenters. The molecule has 0 aromatic heterocycles. The number of carbonyl (C=O) groups is 5. The lowest BCUT2D eigenvalue weighted by Gasteiger charge is -2.49. The Hall–Kier alpha value is -8.16. The summed E-state index contributed by atoms with van der Waals surface area (Å²) in [5.41, 5.74) is -5.85. The number of ether oxygens (including phenoxy) is 4. The van der Waals surface area contributed by atoms with E-state index in [2.05, 4.69) is 4.99 Å². The predicted octanol–water partition coefficient (Wildman–Crippen LogP) is 7.54. The number of carboxylic acid groups (broad SMARTS) is 3. The molecule has 69 heavy (non-hydrogen) atoms. The number of piperazine rings is 1. The van der Waals surface area contributed by atoms with Crippen molar-refractivity contribution in [3.05, 3.63) is 148 Å². The van der Waals surface area contributed by atoms with Gasteiger partial charge in [-0.1, -0.05) is 53.6 Å². The van der Waals surface area contributed by atoms with E-state index in [0.717, 1.165) is 42.0 Å². The SMILES string of the molecule is COc1cccc(N2CCN(C3=Nc4c(F)cccc4C([C@H](C(=O)O)[C@@](OC(=O)c4ccc(C)cc4)(C(=O)O)[C@H](OC(=O)c4ccc(C)cc4)C(=O)O)N3c3cc(C(F)(F)F)ccc3OC)CC2)c1. The summed E-state index contributed by atoms with van der Waals surface area (Å²) in [6, 6.07) is 20.5. The van der Waals surface area contributed by atoms with E-state index in [1.54, 1.807) is 32.0 Å². The molecular weight excluding hydrogens is 913 g/mol. The highest BCUT2D eigenvalue weighted by Gasteiger charge is 2.68. The lowest BCUT2D eigenvalue weighted by Crippen LogP contribution is -2.67. The Morgan fingerprint density at radius 3 is 1.86 bits per heavy atom. The molecule has 20 heteroatoms. The van der Waals surface area contributed by atoms with Crippen LogP contribution in [0.25, 0.3) is 0 Å². The molecule has 2 heterocycles. The number of nitrogens with zero attached hydrogens (tertiary/aromatic N) is 4. The Bertz CT molecular complexity index is 2820. The van der Waals surface area contributed by atoms with E-state index in [9.17, 15) is 52.5 Å². The second-order valence-electron chi connectivity index (χ2n) is 16.1. The molecule has 7 rings (SSSR count). The minimum Gasteiger partial charge on any atom is -0.497 e. The zero-order valence-corrected chi connectivity index (χ0v) is 37.3. The van der Waals surface area contributed by atoms with E-state index in [4.69, 9.17) is 18.9 Å². The third-order valence-corrected chi connectivity index (χ3v) is 11.8. The van der Waals surface area contributed by atoms with Crippen molar-refractivity contribution < 1.29 is 75.8 Å². The minimum atomic E-state index is -5.06. The fourth-order valence-corrected chi connectivity index (χ4v) is 8.35.